The number of aliphatic hydroxyl groups is 1. The minimum absolute atomic E-state index is 0.120. The maximum absolute atomic E-state index is 12.9. The van der Waals surface area contributed by atoms with Crippen molar-refractivity contribution in [1.82, 2.24) is 0 Å². The van der Waals surface area contributed by atoms with Crippen LogP contribution < -0.4 is 0 Å². The highest BCUT2D eigenvalue weighted by molar-refractivity contribution is 14.1. The number of benzene rings is 1. The van der Waals surface area contributed by atoms with Crippen molar-refractivity contribution >= 4 is 44.0 Å². The van der Waals surface area contributed by atoms with Crippen molar-refractivity contribution in [2.75, 3.05) is 6.26 Å². The van der Waals surface area contributed by atoms with E-state index in [1.54, 1.807) is 0 Å². The Labute approximate surface area is 112 Å². The number of sulfone groups is 1. The summed E-state index contributed by atoms with van der Waals surface area (Å²) in [7, 11) is -3.68. The second kappa shape index (κ2) is 4.75. The van der Waals surface area contributed by atoms with Gasteiger partial charge < -0.3 is 5.11 Å². The van der Waals surface area contributed by atoms with Gasteiger partial charge >= 0.3 is 0 Å². The average Bonchev–Trinajstić information content (AvgIpc) is 2.14. The Morgan fingerprint density at radius 1 is 1.56 bits per heavy atom. The second-order valence-corrected chi connectivity index (χ2v) is 9.37. The molecule has 0 spiro atoms. The normalized spacial score (nSPS) is 17.8. The third-order valence-electron chi connectivity index (χ3n) is 1.98. The molecule has 0 unspecified atom stereocenters. The third kappa shape index (κ3) is 2.85. The van der Waals surface area contributed by atoms with E-state index in [1.807, 2.05) is 0 Å². The van der Waals surface area contributed by atoms with Gasteiger partial charge in [-0.05, 0) is 40.3 Å². The van der Waals surface area contributed by atoms with E-state index in [1.165, 1.54) is 40.8 Å². The van der Waals surface area contributed by atoms with Crippen molar-refractivity contribution in [2.45, 2.75) is 8.32 Å². The molecular weight excluding hydrogens is 370 g/mol. The summed E-state index contributed by atoms with van der Waals surface area (Å²) in [5, 5.41) is 9.82. The molecule has 1 aromatic carbocycles. The summed E-state index contributed by atoms with van der Waals surface area (Å²) >= 11 is 7.20. The van der Waals surface area contributed by atoms with Crippen LogP contribution in [0.5, 0.6) is 0 Å². The summed E-state index contributed by atoms with van der Waals surface area (Å²) in [5.41, 5.74) is 0.120. The summed E-state index contributed by atoms with van der Waals surface area (Å²) in [6, 6.07) is 5.03. The van der Waals surface area contributed by atoms with Crippen molar-refractivity contribution in [3.05, 3.63) is 35.6 Å². The molecule has 0 aromatic heterocycles. The molecule has 1 rings (SSSR count). The molecular formula is C9H9ClFIO3S. The molecule has 0 bridgehead atoms. The number of aliphatic hydroxyl groups excluding tert-OH is 1. The van der Waals surface area contributed by atoms with Gasteiger partial charge in [0, 0.05) is 6.26 Å². The van der Waals surface area contributed by atoms with Gasteiger partial charge in [0.25, 0.3) is 0 Å². The molecule has 90 valence electrons. The van der Waals surface area contributed by atoms with E-state index in [0.29, 0.717) is 0 Å². The molecule has 7 heteroatoms. The van der Waals surface area contributed by atoms with Crippen molar-refractivity contribution in [3.63, 3.8) is 0 Å². The highest BCUT2D eigenvalue weighted by Gasteiger charge is 2.44. The Balaban J connectivity index is 3.17. The lowest BCUT2D eigenvalue weighted by Gasteiger charge is -2.24. The average molecular weight is 379 g/mol. The van der Waals surface area contributed by atoms with Crippen LogP contribution in [-0.2, 0) is 9.84 Å². The second-order valence-electron chi connectivity index (χ2n) is 3.29. The molecule has 0 aliphatic carbocycles. The minimum Gasteiger partial charge on any atom is -0.385 e. The first-order valence-electron chi connectivity index (χ1n) is 4.17. The summed E-state index contributed by atoms with van der Waals surface area (Å²) < 4.78 is 33.7. The highest BCUT2D eigenvalue weighted by atomic mass is 127. The van der Waals surface area contributed by atoms with Gasteiger partial charge in [-0.2, -0.15) is 0 Å². The number of hydrogen-bond donors (Lipinski definition) is 1. The predicted molar refractivity (Wildman–Crippen MR) is 68.8 cm³/mol. The first kappa shape index (κ1) is 14.1. The van der Waals surface area contributed by atoms with Gasteiger partial charge in [-0.3, -0.25) is 0 Å². The molecule has 0 saturated heterocycles. The van der Waals surface area contributed by atoms with Crippen LogP contribution in [0.1, 0.15) is 11.7 Å². The van der Waals surface area contributed by atoms with Crippen LogP contribution in [0.4, 0.5) is 4.39 Å². The van der Waals surface area contributed by atoms with E-state index < -0.39 is 24.0 Å². The van der Waals surface area contributed by atoms with Crippen LogP contribution in [0, 0.1) is 5.82 Å². The van der Waals surface area contributed by atoms with Crippen LogP contribution in [-0.4, -0.2) is 22.0 Å². The van der Waals surface area contributed by atoms with Crippen LogP contribution in [0.15, 0.2) is 24.3 Å². The first-order valence-corrected chi connectivity index (χ1v) is 7.52. The molecule has 1 N–H and O–H groups in total. The van der Waals surface area contributed by atoms with Crippen LogP contribution in [0.25, 0.3) is 0 Å². The highest BCUT2D eigenvalue weighted by Crippen LogP contribution is 2.42. The van der Waals surface area contributed by atoms with Gasteiger partial charge in [0.1, 0.15) is 11.9 Å². The zero-order valence-electron chi connectivity index (χ0n) is 8.19. The Bertz CT molecular complexity index is 489. The van der Waals surface area contributed by atoms with Crippen molar-refractivity contribution < 1.29 is 17.9 Å². The fraction of sp³-hybridized carbons (Fsp3) is 0.333. The molecule has 0 heterocycles. The van der Waals surface area contributed by atoms with E-state index in [-0.39, 0.29) is 5.56 Å². The fourth-order valence-corrected chi connectivity index (χ4v) is 2.10. The Kier molecular flexibility index (Phi) is 4.20. The maximum atomic E-state index is 12.9. The van der Waals surface area contributed by atoms with Crippen molar-refractivity contribution in [2.24, 2.45) is 0 Å². The molecule has 16 heavy (non-hydrogen) atoms. The lowest BCUT2D eigenvalue weighted by molar-refractivity contribution is 0.187. The lowest BCUT2D eigenvalue weighted by atomic mass is 10.1. The monoisotopic (exact) mass is 378 g/mol. The zero-order valence-corrected chi connectivity index (χ0v) is 11.9. The molecule has 0 aliphatic rings. The summed E-state index contributed by atoms with van der Waals surface area (Å²) in [6.07, 6.45) is -0.588. The van der Waals surface area contributed by atoms with E-state index in [0.717, 1.165) is 12.3 Å². The molecule has 0 radical (unpaired) electrons. The molecule has 2 atom stereocenters. The Hall–Kier alpha value is 0.0800. The number of rotatable bonds is 3. The van der Waals surface area contributed by atoms with Crippen LogP contribution in [0.3, 0.4) is 0 Å². The van der Waals surface area contributed by atoms with Crippen LogP contribution >= 0.6 is 34.2 Å². The Morgan fingerprint density at radius 2 is 2.12 bits per heavy atom. The molecule has 3 nitrogen and oxygen atoms in total. The van der Waals surface area contributed by atoms with E-state index >= 15 is 0 Å². The predicted octanol–water partition coefficient (Wildman–Crippen LogP) is 2.23. The number of hydrogen-bond acceptors (Lipinski definition) is 3. The van der Waals surface area contributed by atoms with Gasteiger partial charge in [0.05, 0.1) is 0 Å². The van der Waals surface area contributed by atoms with E-state index in [2.05, 4.69) is 0 Å². The quantitative estimate of drug-likeness (QED) is 0.648. The molecule has 0 fully saturated rings. The lowest BCUT2D eigenvalue weighted by Crippen LogP contribution is -2.32. The van der Waals surface area contributed by atoms with Gasteiger partial charge in [0.2, 0.25) is 2.21 Å². The largest absolute Gasteiger partial charge is 0.385 e. The smallest absolute Gasteiger partial charge is 0.224 e. The molecule has 0 aliphatic heterocycles. The SMILES string of the molecule is CS(=O)(=O)[C@@](Cl)(I)[C@@H](O)c1cccc(F)c1. The molecule has 0 amide bonds. The van der Waals surface area contributed by atoms with Gasteiger partial charge in [-0.25, -0.2) is 12.8 Å². The van der Waals surface area contributed by atoms with Gasteiger partial charge in [-0.1, -0.05) is 23.7 Å². The fourth-order valence-electron chi connectivity index (χ4n) is 1.07. The van der Waals surface area contributed by atoms with Gasteiger partial charge in [0.15, 0.2) is 9.84 Å². The van der Waals surface area contributed by atoms with E-state index in [4.69, 9.17) is 11.6 Å². The molecule has 1 aromatic rings. The number of alkyl halides is 2. The third-order valence-corrected chi connectivity index (χ3v) is 7.23. The zero-order chi connectivity index (χ0) is 12.6. The standard InChI is InChI=1S/C9H9ClFIO3S/c1-16(14,15)9(10,12)8(13)6-3-2-4-7(11)5-6/h2-5,8,13H,1H3/t8-,9-/m0/s1. The Morgan fingerprint density at radius 3 is 2.56 bits per heavy atom. The minimum atomic E-state index is -3.68. The van der Waals surface area contributed by atoms with Crippen molar-refractivity contribution in [3.8, 4) is 0 Å². The van der Waals surface area contributed by atoms with E-state index in [9.17, 15) is 17.9 Å². The maximum Gasteiger partial charge on any atom is 0.224 e. The summed E-state index contributed by atoms with van der Waals surface area (Å²) in [4.78, 5) is 0. The first-order chi connectivity index (χ1) is 7.16. The van der Waals surface area contributed by atoms with Crippen molar-refractivity contribution in [1.29, 1.82) is 0 Å². The summed E-state index contributed by atoms with van der Waals surface area (Å²) in [6.45, 7) is 0. The molecule has 0 saturated carbocycles. The van der Waals surface area contributed by atoms with Crippen LogP contribution in [0.2, 0.25) is 0 Å². The summed E-state index contributed by atoms with van der Waals surface area (Å²) in [5.74, 6) is -0.561. The number of halogens is 3. The van der Waals surface area contributed by atoms with Gasteiger partial charge in [-0.15, -0.1) is 0 Å². The topological polar surface area (TPSA) is 54.4 Å².